The Kier molecular flexibility index (Phi) is 4.79. The lowest BCUT2D eigenvalue weighted by atomic mass is 10.1. The van der Waals surface area contributed by atoms with Crippen molar-refractivity contribution in [1.82, 2.24) is 15.0 Å². The van der Waals surface area contributed by atoms with Crippen molar-refractivity contribution in [2.45, 2.75) is 19.5 Å². The lowest BCUT2D eigenvalue weighted by Crippen LogP contribution is -2.10. The summed E-state index contributed by atoms with van der Waals surface area (Å²) in [6, 6.07) is 16.2. The highest BCUT2D eigenvalue weighted by Gasteiger charge is 2.06. The van der Waals surface area contributed by atoms with Crippen LogP contribution >= 0.6 is 0 Å². The fourth-order valence-corrected chi connectivity index (χ4v) is 2.24. The van der Waals surface area contributed by atoms with E-state index in [0.717, 1.165) is 11.4 Å². The summed E-state index contributed by atoms with van der Waals surface area (Å²) in [5.74, 6) is 1.40. The Morgan fingerprint density at radius 3 is 2.52 bits per heavy atom. The summed E-state index contributed by atoms with van der Waals surface area (Å²) in [4.78, 5) is 12.8. The molecule has 1 atom stereocenters. The molecule has 0 saturated carbocycles. The van der Waals surface area contributed by atoms with Crippen LogP contribution in [0.5, 0.6) is 0 Å². The first-order valence-corrected chi connectivity index (χ1v) is 7.58. The van der Waals surface area contributed by atoms with Crippen LogP contribution in [0.15, 0.2) is 67.1 Å². The quantitative estimate of drug-likeness (QED) is 0.727. The Labute approximate surface area is 135 Å². The van der Waals surface area contributed by atoms with Crippen LogP contribution in [0.3, 0.4) is 0 Å². The molecule has 0 fully saturated rings. The molecule has 2 aromatic heterocycles. The average molecular weight is 305 g/mol. The van der Waals surface area contributed by atoms with E-state index in [2.05, 4.69) is 44.6 Å². The first-order chi connectivity index (χ1) is 11.3. The van der Waals surface area contributed by atoms with Crippen molar-refractivity contribution in [1.29, 1.82) is 0 Å². The SMILES string of the molecule is CC(Nc1nccc(NCc2ccncc2)n1)c1ccccc1. The fourth-order valence-electron chi connectivity index (χ4n) is 2.24. The molecule has 2 N–H and O–H groups in total. The van der Waals surface area contributed by atoms with E-state index in [1.807, 2.05) is 36.4 Å². The summed E-state index contributed by atoms with van der Waals surface area (Å²) in [5, 5.41) is 6.62. The second-order valence-electron chi connectivity index (χ2n) is 5.25. The summed E-state index contributed by atoms with van der Waals surface area (Å²) in [7, 11) is 0. The maximum Gasteiger partial charge on any atom is 0.225 e. The van der Waals surface area contributed by atoms with Gasteiger partial charge in [-0.1, -0.05) is 30.3 Å². The van der Waals surface area contributed by atoms with Crippen molar-refractivity contribution >= 4 is 11.8 Å². The zero-order chi connectivity index (χ0) is 15.9. The third kappa shape index (κ3) is 4.26. The number of hydrogen-bond donors (Lipinski definition) is 2. The van der Waals surface area contributed by atoms with Crippen LogP contribution in [-0.4, -0.2) is 15.0 Å². The standard InChI is InChI=1S/C18H19N5/c1-14(16-5-3-2-4-6-16)22-18-20-12-9-17(23-18)21-13-15-7-10-19-11-8-15/h2-12,14H,13H2,1H3,(H2,20,21,22,23). The summed E-state index contributed by atoms with van der Waals surface area (Å²) in [6.45, 7) is 2.79. The van der Waals surface area contributed by atoms with E-state index in [0.29, 0.717) is 12.5 Å². The molecule has 0 aliphatic rings. The number of nitrogens with zero attached hydrogens (tertiary/aromatic N) is 3. The van der Waals surface area contributed by atoms with E-state index in [1.54, 1.807) is 18.6 Å². The van der Waals surface area contributed by atoms with Crippen molar-refractivity contribution in [3.8, 4) is 0 Å². The molecular formula is C18H19N5. The van der Waals surface area contributed by atoms with Gasteiger partial charge in [0.1, 0.15) is 5.82 Å². The molecule has 0 radical (unpaired) electrons. The smallest absolute Gasteiger partial charge is 0.225 e. The zero-order valence-corrected chi connectivity index (χ0v) is 13.0. The number of anilines is 2. The first-order valence-electron chi connectivity index (χ1n) is 7.58. The van der Waals surface area contributed by atoms with E-state index < -0.39 is 0 Å². The second kappa shape index (κ2) is 7.35. The maximum absolute atomic E-state index is 4.50. The normalized spacial score (nSPS) is 11.7. The average Bonchev–Trinajstić information content (AvgIpc) is 2.62. The lowest BCUT2D eigenvalue weighted by molar-refractivity contribution is 0.860. The third-order valence-electron chi connectivity index (χ3n) is 3.52. The molecule has 0 saturated heterocycles. The third-order valence-corrected chi connectivity index (χ3v) is 3.52. The number of nitrogens with one attached hydrogen (secondary N) is 2. The minimum absolute atomic E-state index is 0.145. The van der Waals surface area contributed by atoms with Gasteiger partial charge in [-0.25, -0.2) is 4.98 Å². The molecule has 5 heteroatoms. The molecule has 3 aromatic rings. The van der Waals surface area contributed by atoms with Gasteiger partial charge in [0.05, 0.1) is 6.04 Å². The predicted molar refractivity (Wildman–Crippen MR) is 92.1 cm³/mol. The minimum atomic E-state index is 0.145. The van der Waals surface area contributed by atoms with Crippen molar-refractivity contribution in [2.75, 3.05) is 10.6 Å². The molecule has 1 unspecified atom stereocenters. The van der Waals surface area contributed by atoms with E-state index >= 15 is 0 Å². The lowest BCUT2D eigenvalue weighted by Gasteiger charge is -2.14. The Morgan fingerprint density at radius 1 is 0.957 bits per heavy atom. The molecule has 3 rings (SSSR count). The van der Waals surface area contributed by atoms with Crippen LogP contribution in [-0.2, 0) is 6.54 Å². The minimum Gasteiger partial charge on any atom is -0.366 e. The van der Waals surface area contributed by atoms with Crippen molar-refractivity contribution in [2.24, 2.45) is 0 Å². The topological polar surface area (TPSA) is 62.7 Å². The fraction of sp³-hybridized carbons (Fsp3) is 0.167. The van der Waals surface area contributed by atoms with Crippen molar-refractivity contribution in [3.63, 3.8) is 0 Å². The van der Waals surface area contributed by atoms with Crippen LogP contribution in [0.25, 0.3) is 0 Å². The molecule has 5 nitrogen and oxygen atoms in total. The van der Waals surface area contributed by atoms with E-state index in [1.165, 1.54) is 5.56 Å². The molecule has 116 valence electrons. The Morgan fingerprint density at radius 2 is 1.74 bits per heavy atom. The zero-order valence-electron chi connectivity index (χ0n) is 13.0. The van der Waals surface area contributed by atoms with E-state index in [9.17, 15) is 0 Å². The molecule has 0 spiro atoms. The molecule has 0 aliphatic carbocycles. The van der Waals surface area contributed by atoms with Crippen molar-refractivity contribution < 1.29 is 0 Å². The van der Waals surface area contributed by atoms with E-state index in [4.69, 9.17) is 0 Å². The van der Waals surface area contributed by atoms with Gasteiger partial charge in [-0.3, -0.25) is 4.98 Å². The number of benzene rings is 1. The van der Waals surface area contributed by atoms with Crippen LogP contribution in [0, 0.1) is 0 Å². The van der Waals surface area contributed by atoms with Crippen LogP contribution in [0.2, 0.25) is 0 Å². The van der Waals surface area contributed by atoms with Gasteiger partial charge in [0.15, 0.2) is 0 Å². The van der Waals surface area contributed by atoms with Gasteiger partial charge >= 0.3 is 0 Å². The van der Waals surface area contributed by atoms with Crippen LogP contribution < -0.4 is 10.6 Å². The van der Waals surface area contributed by atoms with Crippen LogP contribution in [0.1, 0.15) is 24.1 Å². The Balaban J connectivity index is 1.63. The predicted octanol–water partition coefficient (Wildman–Crippen LogP) is 3.66. The second-order valence-corrected chi connectivity index (χ2v) is 5.25. The molecule has 23 heavy (non-hydrogen) atoms. The Bertz CT molecular complexity index is 731. The highest BCUT2D eigenvalue weighted by Crippen LogP contribution is 2.17. The first kappa shape index (κ1) is 15.0. The van der Waals surface area contributed by atoms with Gasteiger partial charge in [-0.05, 0) is 36.2 Å². The summed E-state index contributed by atoms with van der Waals surface area (Å²) >= 11 is 0. The van der Waals surface area contributed by atoms with Gasteiger partial charge in [0, 0.05) is 25.1 Å². The van der Waals surface area contributed by atoms with Gasteiger partial charge in [-0.15, -0.1) is 0 Å². The van der Waals surface area contributed by atoms with Gasteiger partial charge in [0.25, 0.3) is 0 Å². The largest absolute Gasteiger partial charge is 0.366 e. The number of hydrogen-bond acceptors (Lipinski definition) is 5. The van der Waals surface area contributed by atoms with Crippen LogP contribution in [0.4, 0.5) is 11.8 Å². The molecule has 0 amide bonds. The van der Waals surface area contributed by atoms with Gasteiger partial charge in [0.2, 0.25) is 5.95 Å². The maximum atomic E-state index is 4.50. The van der Waals surface area contributed by atoms with Gasteiger partial charge < -0.3 is 10.6 Å². The van der Waals surface area contributed by atoms with E-state index in [-0.39, 0.29) is 6.04 Å². The number of aromatic nitrogens is 3. The highest BCUT2D eigenvalue weighted by molar-refractivity contribution is 5.41. The molecule has 0 bridgehead atoms. The summed E-state index contributed by atoms with van der Waals surface area (Å²) in [6.07, 6.45) is 5.32. The monoisotopic (exact) mass is 305 g/mol. The molecular weight excluding hydrogens is 286 g/mol. The van der Waals surface area contributed by atoms with Gasteiger partial charge in [-0.2, -0.15) is 4.98 Å². The molecule has 0 aliphatic heterocycles. The molecule has 1 aromatic carbocycles. The molecule has 2 heterocycles. The number of rotatable bonds is 6. The Hall–Kier alpha value is -2.95. The summed E-state index contributed by atoms with van der Waals surface area (Å²) < 4.78 is 0. The summed E-state index contributed by atoms with van der Waals surface area (Å²) in [5.41, 5.74) is 2.36. The van der Waals surface area contributed by atoms with Crippen molar-refractivity contribution in [3.05, 3.63) is 78.2 Å². The number of pyridine rings is 1. The highest BCUT2D eigenvalue weighted by atomic mass is 15.1.